The normalized spacial score (nSPS) is 10.6. The molecular weight excluding hydrogens is 424 g/mol. The van der Waals surface area contributed by atoms with Crippen LogP contribution >= 0.6 is 22.9 Å². The summed E-state index contributed by atoms with van der Waals surface area (Å²) in [6.07, 6.45) is 0. The van der Waals surface area contributed by atoms with Gasteiger partial charge in [-0.3, -0.25) is 9.59 Å². The number of fused-ring (bicyclic) bond motifs is 1. The fraction of sp³-hybridized carbons (Fsp3) is 0.227. The summed E-state index contributed by atoms with van der Waals surface area (Å²) >= 11 is 7.48. The number of hydrogen-bond acceptors (Lipinski definition) is 5. The van der Waals surface area contributed by atoms with Crippen LogP contribution in [-0.4, -0.2) is 42.4 Å². The van der Waals surface area contributed by atoms with Crippen LogP contribution in [0.4, 0.5) is 5.69 Å². The largest absolute Gasteiger partial charge is 0.451 e. The maximum absolute atomic E-state index is 12.3. The number of thiophene rings is 1. The zero-order valence-electron chi connectivity index (χ0n) is 16.6. The van der Waals surface area contributed by atoms with E-state index in [1.54, 1.807) is 29.2 Å². The van der Waals surface area contributed by atoms with Gasteiger partial charge >= 0.3 is 5.97 Å². The Morgan fingerprint density at radius 3 is 2.33 bits per heavy atom. The molecule has 6 nitrogen and oxygen atoms in total. The molecule has 2 amide bonds. The second-order valence-corrected chi connectivity index (χ2v) is 7.85. The van der Waals surface area contributed by atoms with Gasteiger partial charge in [-0.2, -0.15) is 0 Å². The summed E-state index contributed by atoms with van der Waals surface area (Å²) in [5.41, 5.74) is 1.05. The van der Waals surface area contributed by atoms with Gasteiger partial charge in [-0.1, -0.05) is 29.8 Å². The maximum Gasteiger partial charge on any atom is 0.350 e. The Balaban J connectivity index is 1.57. The van der Waals surface area contributed by atoms with Crippen molar-refractivity contribution in [3.8, 4) is 0 Å². The van der Waals surface area contributed by atoms with Gasteiger partial charge in [0.15, 0.2) is 6.61 Å². The molecule has 3 aromatic rings. The van der Waals surface area contributed by atoms with Gasteiger partial charge < -0.3 is 15.0 Å². The van der Waals surface area contributed by atoms with E-state index in [4.69, 9.17) is 16.3 Å². The van der Waals surface area contributed by atoms with Crippen molar-refractivity contribution in [3.63, 3.8) is 0 Å². The highest BCUT2D eigenvalue weighted by molar-refractivity contribution is 7.21. The smallest absolute Gasteiger partial charge is 0.350 e. The van der Waals surface area contributed by atoms with Crippen LogP contribution in [0.15, 0.2) is 48.5 Å². The third kappa shape index (κ3) is 4.80. The highest BCUT2D eigenvalue weighted by Gasteiger charge is 2.19. The van der Waals surface area contributed by atoms with Gasteiger partial charge in [0.1, 0.15) is 4.88 Å². The number of carbonyl (C=O) groups is 3. The number of halogens is 1. The fourth-order valence-electron chi connectivity index (χ4n) is 2.93. The molecule has 0 saturated carbocycles. The number of hydrogen-bond donors (Lipinski definition) is 1. The number of anilines is 1. The van der Waals surface area contributed by atoms with Crippen LogP contribution in [0, 0.1) is 0 Å². The Bertz CT molecular complexity index is 1070. The summed E-state index contributed by atoms with van der Waals surface area (Å²) < 4.78 is 5.98. The van der Waals surface area contributed by atoms with Gasteiger partial charge in [-0.05, 0) is 44.2 Å². The van der Waals surface area contributed by atoms with Crippen LogP contribution in [0.25, 0.3) is 10.1 Å². The maximum atomic E-state index is 12.3. The minimum Gasteiger partial charge on any atom is -0.451 e. The Labute approximate surface area is 183 Å². The second-order valence-electron chi connectivity index (χ2n) is 6.42. The summed E-state index contributed by atoms with van der Waals surface area (Å²) in [5.74, 6) is -1.19. The van der Waals surface area contributed by atoms with Crippen molar-refractivity contribution in [1.82, 2.24) is 4.90 Å². The lowest BCUT2D eigenvalue weighted by Crippen LogP contribution is -2.30. The quantitative estimate of drug-likeness (QED) is 0.529. The van der Waals surface area contributed by atoms with Crippen molar-refractivity contribution in [2.75, 3.05) is 25.0 Å². The van der Waals surface area contributed by atoms with E-state index in [9.17, 15) is 14.4 Å². The molecule has 1 N–H and O–H groups in total. The van der Waals surface area contributed by atoms with Crippen LogP contribution in [-0.2, 0) is 9.53 Å². The van der Waals surface area contributed by atoms with Gasteiger partial charge in [0.25, 0.3) is 11.8 Å². The van der Waals surface area contributed by atoms with Gasteiger partial charge in [-0.25, -0.2) is 4.79 Å². The van der Waals surface area contributed by atoms with Gasteiger partial charge in [0, 0.05) is 34.4 Å². The first-order chi connectivity index (χ1) is 14.4. The van der Waals surface area contributed by atoms with Crippen LogP contribution in [0.3, 0.4) is 0 Å². The first-order valence-corrected chi connectivity index (χ1v) is 10.7. The number of amides is 2. The molecule has 30 heavy (non-hydrogen) atoms. The predicted molar refractivity (Wildman–Crippen MR) is 119 cm³/mol. The molecule has 1 aromatic heterocycles. The minimum absolute atomic E-state index is 0.0629. The van der Waals surface area contributed by atoms with Gasteiger partial charge in [0.05, 0.1) is 5.02 Å². The third-order valence-electron chi connectivity index (χ3n) is 4.52. The molecule has 0 atom stereocenters. The highest BCUT2D eigenvalue weighted by atomic mass is 35.5. The SMILES string of the molecule is CCN(CC)C(=O)c1ccc(NC(=O)COC(=O)c2sc3ccccc3c2Cl)cc1. The highest BCUT2D eigenvalue weighted by Crippen LogP contribution is 2.35. The molecule has 0 bridgehead atoms. The molecule has 0 aliphatic carbocycles. The van der Waals surface area contributed by atoms with Crippen molar-refractivity contribution in [1.29, 1.82) is 0 Å². The molecule has 2 aromatic carbocycles. The summed E-state index contributed by atoms with van der Waals surface area (Å²) in [6, 6.07) is 14.0. The number of esters is 1. The molecule has 1 heterocycles. The van der Waals surface area contributed by atoms with E-state index in [-0.39, 0.29) is 10.8 Å². The second kappa shape index (κ2) is 9.73. The lowest BCUT2D eigenvalue weighted by atomic mass is 10.2. The monoisotopic (exact) mass is 444 g/mol. The summed E-state index contributed by atoms with van der Waals surface area (Å²) in [7, 11) is 0. The third-order valence-corrected chi connectivity index (χ3v) is 6.18. The molecule has 0 aliphatic heterocycles. The zero-order chi connectivity index (χ0) is 21.7. The number of ether oxygens (including phenoxy) is 1. The number of nitrogens with one attached hydrogen (secondary N) is 1. The number of rotatable bonds is 7. The molecule has 0 aliphatic rings. The van der Waals surface area contributed by atoms with Crippen molar-refractivity contribution >= 4 is 56.5 Å². The number of carbonyl (C=O) groups excluding carboxylic acids is 3. The molecule has 0 saturated heterocycles. The Hall–Kier alpha value is -2.90. The first-order valence-electron chi connectivity index (χ1n) is 9.47. The summed E-state index contributed by atoms with van der Waals surface area (Å²) in [4.78, 5) is 38.7. The molecule has 0 spiro atoms. The lowest BCUT2D eigenvalue weighted by molar-refractivity contribution is -0.119. The standard InChI is InChI=1S/C22H21ClN2O4S/c1-3-25(4-2)21(27)14-9-11-15(12-10-14)24-18(26)13-29-22(28)20-19(23)16-7-5-6-8-17(16)30-20/h5-12H,3-4,13H2,1-2H3,(H,24,26). The van der Waals surface area contributed by atoms with Crippen LogP contribution in [0.1, 0.15) is 33.9 Å². The van der Waals surface area contributed by atoms with Gasteiger partial charge in [0.2, 0.25) is 0 Å². The number of benzene rings is 2. The Kier molecular flexibility index (Phi) is 7.07. The molecule has 0 unspecified atom stereocenters. The molecule has 156 valence electrons. The van der Waals surface area contributed by atoms with Crippen molar-refractivity contribution in [3.05, 3.63) is 64.0 Å². The van der Waals surface area contributed by atoms with Crippen LogP contribution in [0.2, 0.25) is 5.02 Å². The molecular formula is C22H21ClN2O4S. The topological polar surface area (TPSA) is 75.7 Å². The van der Waals surface area contributed by atoms with Crippen molar-refractivity contribution in [2.24, 2.45) is 0 Å². The summed E-state index contributed by atoms with van der Waals surface area (Å²) in [6.45, 7) is 4.65. The van der Waals surface area contributed by atoms with E-state index in [0.717, 1.165) is 10.1 Å². The average Bonchev–Trinajstić information content (AvgIpc) is 3.10. The van der Waals surface area contributed by atoms with Crippen molar-refractivity contribution in [2.45, 2.75) is 13.8 Å². The lowest BCUT2D eigenvalue weighted by Gasteiger charge is -2.18. The molecule has 8 heteroatoms. The summed E-state index contributed by atoms with van der Waals surface area (Å²) in [5, 5.41) is 3.75. The number of nitrogens with zero attached hydrogens (tertiary/aromatic N) is 1. The Morgan fingerprint density at radius 1 is 1.03 bits per heavy atom. The van der Waals surface area contributed by atoms with Gasteiger partial charge in [-0.15, -0.1) is 11.3 Å². The van der Waals surface area contributed by atoms with E-state index in [2.05, 4.69) is 5.32 Å². The van der Waals surface area contributed by atoms with Crippen molar-refractivity contribution < 1.29 is 19.1 Å². The molecule has 0 fully saturated rings. The fourth-order valence-corrected chi connectivity index (χ4v) is 4.33. The average molecular weight is 445 g/mol. The van der Waals surface area contributed by atoms with E-state index in [1.165, 1.54) is 11.3 Å². The molecule has 0 radical (unpaired) electrons. The first kappa shape index (κ1) is 21.8. The van der Waals surface area contributed by atoms with Crippen LogP contribution in [0.5, 0.6) is 0 Å². The van der Waals surface area contributed by atoms with E-state index >= 15 is 0 Å². The van der Waals surface area contributed by atoms with E-state index < -0.39 is 18.5 Å². The Morgan fingerprint density at radius 2 is 1.70 bits per heavy atom. The minimum atomic E-state index is -0.642. The predicted octanol–water partition coefficient (Wildman–Crippen LogP) is 4.83. The van der Waals surface area contributed by atoms with E-state index in [0.29, 0.717) is 29.4 Å². The zero-order valence-corrected chi connectivity index (χ0v) is 18.2. The molecule has 3 rings (SSSR count). The van der Waals surface area contributed by atoms with Crippen LogP contribution < -0.4 is 5.32 Å². The van der Waals surface area contributed by atoms with E-state index in [1.807, 2.05) is 38.1 Å².